The normalized spacial score (nSPS) is 10.2. The molecule has 2 rings (SSSR count). The minimum atomic E-state index is -0.999. The number of hydrogen-bond donors (Lipinski definition) is 2. The molecule has 0 saturated heterocycles. The molecule has 0 spiro atoms. The molecule has 2 aromatic rings. The lowest BCUT2D eigenvalue weighted by Gasteiger charge is -2.10. The average molecular weight is 321 g/mol. The highest BCUT2D eigenvalue weighted by molar-refractivity contribution is 9.10. The Bertz CT molecular complexity index is 614. The Morgan fingerprint density at radius 3 is 2.84 bits per heavy atom. The van der Waals surface area contributed by atoms with E-state index in [4.69, 9.17) is 5.11 Å². The summed E-state index contributed by atoms with van der Waals surface area (Å²) in [5.74, 6) is -0.625. The van der Waals surface area contributed by atoms with Crippen molar-refractivity contribution in [3.05, 3.63) is 57.7 Å². The number of halogens is 1. The molecule has 0 saturated carbocycles. The predicted octanol–water partition coefficient (Wildman–Crippen LogP) is 3.46. The quantitative estimate of drug-likeness (QED) is 0.905. The fourth-order valence-electron chi connectivity index (χ4n) is 1.73. The summed E-state index contributed by atoms with van der Waals surface area (Å²) in [7, 11) is 0. The molecular formula is C14H13BrN2O2. The van der Waals surface area contributed by atoms with Crippen LogP contribution in [0.1, 0.15) is 21.5 Å². The minimum Gasteiger partial charge on any atom is -0.478 e. The van der Waals surface area contributed by atoms with Crippen LogP contribution in [-0.4, -0.2) is 16.1 Å². The molecule has 0 aliphatic carbocycles. The number of rotatable bonds is 4. The molecule has 4 nitrogen and oxygen atoms in total. The van der Waals surface area contributed by atoms with Crippen molar-refractivity contribution in [3.63, 3.8) is 0 Å². The highest BCUT2D eigenvalue weighted by atomic mass is 79.9. The molecule has 1 aromatic heterocycles. The van der Waals surface area contributed by atoms with Crippen LogP contribution in [0.3, 0.4) is 0 Å². The summed E-state index contributed by atoms with van der Waals surface area (Å²) in [6.07, 6.45) is 1.58. The van der Waals surface area contributed by atoms with Crippen LogP contribution in [-0.2, 0) is 6.54 Å². The number of pyridine rings is 1. The van der Waals surface area contributed by atoms with Crippen molar-refractivity contribution in [3.8, 4) is 0 Å². The molecule has 2 N–H and O–H groups in total. The van der Waals surface area contributed by atoms with E-state index in [1.807, 2.05) is 31.2 Å². The van der Waals surface area contributed by atoms with Gasteiger partial charge in [-0.1, -0.05) is 24.3 Å². The molecule has 0 aliphatic heterocycles. The van der Waals surface area contributed by atoms with Gasteiger partial charge in [0.1, 0.15) is 11.4 Å². The van der Waals surface area contributed by atoms with Crippen molar-refractivity contribution in [1.82, 2.24) is 4.98 Å². The van der Waals surface area contributed by atoms with Gasteiger partial charge in [-0.05, 0) is 40.0 Å². The number of aryl methyl sites for hydroxylation is 1. The first-order valence-corrected chi connectivity index (χ1v) is 6.54. The minimum absolute atomic E-state index is 0.156. The maximum absolute atomic E-state index is 11.2. The number of benzene rings is 1. The molecule has 0 radical (unpaired) electrons. The maximum Gasteiger partial charge on any atom is 0.339 e. The van der Waals surface area contributed by atoms with Crippen LogP contribution in [0.2, 0.25) is 0 Å². The van der Waals surface area contributed by atoms with Crippen molar-refractivity contribution in [2.24, 2.45) is 0 Å². The summed E-state index contributed by atoms with van der Waals surface area (Å²) in [5.41, 5.74) is 2.43. The summed E-state index contributed by atoms with van der Waals surface area (Å²) in [5, 5.41) is 12.2. The van der Waals surface area contributed by atoms with Crippen LogP contribution < -0.4 is 5.32 Å². The highest BCUT2D eigenvalue weighted by Gasteiger charge is 2.12. The third-order valence-corrected chi connectivity index (χ3v) is 3.23. The third kappa shape index (κ3) is 3.32. The number of carboxylic acid groups (broad SMARTS) is 1. The molecule has 0 bridgehead atoms. The van der Waals surface area contributed by atoms with Crippen LogP contribution in [0.4, 0.5) is 5.82 Å². The van der Waals surface area contributed by atoms with E-state index in [-0.39, 0.29) is 5.56 Å². The molecule has 1 aromatic carbocycles. The SMILES string of the molecule is Cc1ccccc1CNc1ncc(Br)cc1C(=O)O. The van der Waals surface area contributed by atoms with E-state index < -0.39 is 5.97 Å². The van der Waals surface area contributed by atoms with Gasteiger partial charge in [-0.2, -0.15) is 0 Å². The van der Waals surface area contributed by atoms with E-state index in [0.717, 1.165) is 11.1 Å². The largest absolute Gasteiger partial charge is 0.478 e. The number of nitrogens with zero attached hydrogens (tertiary/aromatic N) is 1. The molecule has 19 heavy (non-hydrogen) atoms. The lowest BCUT2D eigenvalue weighted by atomic mass is 10.1. The van der Waals surface area contributed by atoms with Crippen LogP contribution in [0.5, 0.6) is 0 Å². The fraction of sp³-hybridized carbons (Fsp3) is 0.143. The number of hydrogen-bond acceptors (Lipinski definition) is 3. The molecule has 0 amide bonds. The van der Waals surface area contributed by atoms with Gasteiger partial charge in [0.15, 0.2) is 0 Å². The maximum atomic E-state index is 11.2. The number of anilines is 1. The summed E-state index contributed by atoms with van der Waals surface area (Å²) in [4.78, 5) is 15.3. The van der Waals surface area contributed by atoms with Gasteiger partial charge in [-0.15, -0.1) is 0 Å². The number of aromatic carboxylic acids is 1. The Labute approximate surface area is 119 Å². The molecule has 0 fully saturated rings. The van der Waals surface area contributed by atoms with Gasteiger partial charge in [-0.3, -0.25) is 0 Å². The first-order chi connectivity index (χ1) is 9.08. The molecule has 98 valence electrons. The Hall–Kier alpha value is -1.88. The van der Waals surface area contributed by atoms with E-state index in [2.05, 4.69) is 26.2 Å². The van der Waals surface area contributed by atoms with Crippen LogP contribution in [0, 0.1) is 6.92 Å². The lowest BCUT2D eigenvalue weighted by Crippen LogP contribution is -2.09. The fourth-order valence-corrected chi connectivity index (χ4v) is 2.06. The Morgan fingerprint density at radius 2 is 2.16 bits per heavy atom. The lowest BCUT2D eigenvalue weighted by molar-refractivity contribution is 0.0697. The first kappa shape index (κ1) is 13.5. The number of nitrogens with one attached hydrogen (secondary N) is 1. The third-order valence-electron chi connectivity index (χ3n) is 2.79. The van der Waals surface area contributed by atoms with Crippen molar-refractivity contribution in [2.75, 3.05) is 5.32 Å². The van der Waals surface area contributed by atoms with Gasteiger partial charge in [0.2, 0.25) is 0 Å². The Kier molecular flexibility index (Phi) is 4.16. The van der Waals surface area contributed by atoms with E-state index in [0.29, 0.717) is 16.8 Å². The Balaban J connectivity index is 2.20. The standard InChI is InChI=1S/C14H13BrN2O2/c1-9-4-2-3-5-10(9)7-16-13-12(14(18)19)6-11(15)8-17-13/h2-6,8H,7H2,1H3,(H,16,17)(H,18,19). The van der Waals surface area contributed by atoms with Crippen LogP contribution in [0.25, 0.3) is 0 Å². The summed E-state index contributed by atoms with van der Waals surface area (Å²) in [6, 6.07) is 9.48. The number of carboxylic acids is 1. The number of carbonyl (C=O) groups is 1. The summed E-state index contributed by atoms with van der Waals surface area (Å²) >= 11 is 3.22. The summed E-state index contributed by atoms with van der Waals surface area (Å²) < 4.78 is 0.645. The van der Waals surface area contributed by atoms with Crippen molar-refractivity contribution in [2.45, 2.75) is 13.5 Å². The summed E-state index contributed by atoms with van der Waals surface area (Å²) in [6.45, 7) is 2.56. The van der Waals surface area contributed by atoms with Crippen LogP contribution in [0.15, 0.2) is 41.0 Å². The average Bonchev–Trinajstić information content (AvgIpc) is 2.38. The van der Waals surface area contributed by atoms with E-state index in [1.165, 1.54) is 6.07 Å². The number of aromatic nitrogens is 1. The highest BCUT2D eigenvalue weighted by Crippen LogP contribution is 2.19. The van der Waals surface area contributed by atoms with Gasteiger partial charge >= 0.3 is 5.97 Å². The monoisotopic (exact) mass is 320 g/mol. The van der Waals surface area contributed by atoms with Crippen LogP contribution >= 0.6 is 15.9 Å². The van der Waals surface area contributed by atoms with E-state index in [9.17, 15) is 4.79 Å². The molecule has 1 heterocycles. The second-order valence-corrected chi connectivity index (χ2v) is 5.05. The molecule has 0 atom stereocenters. The van der Waals surface area contributed by atoms with E-state index in [1.54, 1.807) is 6.20 Å². The first-order valence-electron chi connectivity index (χ1n) is 5.75. The van der Waals surface area contributed by atoms with Gasteiger partial charge in [0, 0.05) is 17.2 Å². The van der Waals surface area contributed by atoms with Gasteiger partial charge in [0.25, 0.3) is 0 Å². The molecular weight excluding hydrogens is 308 g/mol. The van der Waals surface area contributed by atoms with Gasteiger partial charge < -0.3 is 10.4 Å². The van der Waals surface area contributed by atoms with Gasteiger partial charge in [0.05, 0.1) is 0 Å². The Morgan fingerprint density at radius 1 is 1.42 bits per heavy atom. The smallest absolute Gasteiger partial charge is 0.339 e. The second kappa shape index (κ2) is 5.84. The molecule has 5 heteroatoms. The molecule has 0 aliphatic rings. The van der Waals surface area contributed by atoms with Crippen molar-refractivity contribution < 1.29 is 9.90 Å². The molecule has 0 unspecified atom stereocenters. The van der Waals surface area contributed by atoms with Crippen molar-refractivity contribution >= 4 is 27.7 Å². The zero-order valence-corrected chi connectivity index (χ0v) is 11.9. The predicted molar refractivity (Wildman–Crippen MR) is 77.4 cm³/mol. The van der Waals surface area contributed by atoms with Crippen molar-refractivity contribution in [1.29, 1.82) is 0 Å². The zero-order valence-electron chi connectivity index (χ0n) is 10.4. The zero-order chi connectivity index (χ0) is 13.8. The topological polar surface area (TPSA) is 62.2 Å². The van der Waals surface area contributed by atoms with Gasteiger partial charge in [-0.25, -0.2) is 9.78 Å². The second-order valence-electron chi connectivity index (χ2n) is 4.13. The van der Waals surface area contributed by atoms with E-state index >= 15 is 0 Å².